The molecule has 0 bridgehead atoms. The molecule has 0 saturated carbocycles. The summed E-state index contributed by atoms with van der Waals surface area (Å²) in [6.45, 7) is 0. The molecule has 3 aromatic rings. The number of rotatable bonds is 5. The molecule has 3 rings (SSSR count). The van der Waals surface area contributed by atoms with Gasteiger partial charge in [-0.05, 0) is 48.5 Å². The van der Waals surface area contributed by atoms with Crippen LogP contribution in [0.1, 0.15) is 20.7 Å². The molecule has 0 radical (unpaired) electrons. The summed E-state index contributed by atoms with van der Waals surface area (Å²) in [4.78, 5) is 27.9. The van der Waals surface area contributed by atoms with Gasteiger partial charge in [0, 0.05) is 5.56 Å². The van der Waals surface area contributed by atoms with Gasteiger partial charge in [-0.2, -0.15) is 0 Å². The maximum atomic E-state index is 13.2. The van der Waals surface area contributed by atoms with Crippen molar-refractivity contribution < 1.29 is 18.7 Å². The molecule has 0 aliphatic heterocycles. The molecule has 1 aromatic heterocycles. The zero-order chi connectivity index (χ0) is 20.1. The van der Waals surface area contributed by atoms with Gasteiger partial charge in [0.25, 0.3) is 5.91 Å². The Labute approximate surface area is 165 Å². The van der Waals surface area contributed by atoms with Crippen LogP contribution in [0.2, 0.25) is 5.02 Å². The van der Waals surface area contributed by atoms with Crippen LogP contribution in [0, 0.1) is 5.82 Å². The number of amides is 1. The van der Waals surface area contributed by atoms with Gasteiger partial charge in [-0.3, -0.25) is 4.79 Å². The van der Waals surface area contributed by atoms with Gasteiger partial charge in [-0.15, -0.1) is 0 Å². The third-order valence-electron chi connectivity index (χ3n) is 3.76. The molecule has 0 spiro atoms. The van der Waals surface area contributed by atoms with Crippen LogP contribution in [-0.4, -0.2) is 24.0 Å². The highest BCUT2D eigenvalue weighted by Crippen LogP contribution is 2.27. The van der Waals surface area contributed by atoms with Crippen molar-refractivity contribution in [2.24, 2.45) is 0 Å². The number of anilines is 3. The van der Waals surface area contributed by atoms with E-state index in [2.05, 4.69) is 15.6 Å². The molecular formula is C20H15ClFN3O3. The van der Waals surface area contributed by atoms with Gasteiger partial charge in [-0.25, -0.2) is 14.2 Å². The summed E-state index contributed by atoms with van der Waals surface area (Å²) in [7, 11) is 1.30. The molecule has 6 nitrogen and oxygen atoms in total. The van der Waals surface area contributed by atoms with Crippen LogP contribution < -0.4 is 10.6 Å². The number of esters is 1. The third-order valence-corrected chi connectivity index (χ3v) is 4.09. The number of carbonyl (C=O) groups is 2. The number of benzene rings is 2. The number of pyridine rings is 1. The molecule has 28 heavy (non-hydrogen) atoms. The Bertz CT molecular complexity index is 1030. The fourth-order valence-corrected chi connectivity index (χ4v) is 2.55. The summed E-state index contributed by atoms with van der Waals surface area (Å²) in [6, 6.07) is 13.3. The van der Waals surface area contributed by atoms with Gasteiger partial charge in [0.05, 0.1) is 35.3 Å². The fraction of sp³-hybridized carbons (Fsp3) is 0.0500. The second-order valence-electron chi connectivity index (χ2n) is 5.71. The van der Waals surface area contributed by atoms with Crippen LogP contribution in [-0.2, 0) is 4.74 Å². The van der Waals surface area contributed by atoms with Crippen molar-refractivity contribution in [3.05, 3.63) is 82.8 Å². The minimum atomic E-state index is -0.494. The number of halogens is 2. The number of nitrogens with zero attached hydrogens (tertiary/aromatic N) is 1. The number of hydrogen-bond acceptors (Lipinski definition) is 5. The maximum absolute atomic E-state index is 13.2. The number of hydrogen-bond donors (Lipinski definition) is 2. The van der Waals surface area contributed by atoms with Crippen LogP contribution in [0.15, 0.2) is 60.8 Å². The quantitative estimate of drug-likeness (QED) is 0.610. The number of nitrogens with one attached hydrogen (secondary N) is 2. The van der Waals surface area contributed by atoms with E-state index in [4.69, 9.17) is 16.3 Å². The van der Waals surface area contributed by atoms with Crippen molar-refractivity contribution in [3.63, 3.8) is 0 Å². The van der Waals surface area contributed by atoms with E-state index in [1.54, 1.807) is 30.3 Å². The van der Waals surface area contributed by atoms with Crippen LogP contribution in [0.4, 0.5) is 21.6 Å². The van der Waals surface area contributed by atoms with E-state index < -0.39 is 17.7 Å². The average Bonchev–Trinajstić information content (AvgIpc) is 2.70. The summed E-state index contributed by atoms with van der Waals surface area (Å²) in [6.07, 6.45) is 1.49. The summed E-state index contributed by atoms with van der Waals surface area (Å²) in [5.41, 5.74) is 1.63. The van der Waals surface area contributed by atoms with E-state index in [9.17, 15) is 14.0 Å². The first-order chi connectivity index (χ1) is 13.5. The predicted octanol–water partition coefficient (Wildman–Crippen LogP) is 4.66. The second-order valence-corrected chi connectivity index (χ2v) is 6.11. The molecule has 0 atom stereocenters. The molecule has 0 saturated heterocycles. The molecule has 0 unspecified atom stereocenters. The SMILES string of the molecule is COC(=O)c1ccc(Cl)c(Nc2ccc(NC(=O)c3cccc(F)c3)nc2)c1. The first kappa shape index (κ1) is 19.3. The van der Waals surface area contributed by atoms with Gasteiger partial charge in [-0.1, -0.05) is 17.7 Å². The monoisotopic (exact) mass is 399 g/mol. The summed E-state index contributed by atoms with van der Waals surface area (Å²) in [5, 5.41) is 6.05. The third kappa shape index (κ3) is 4.63. The van der Waals surface area contributed by atoms with Crippen LogP contribution >= 0.6 is 11.6 Å². The smallest absolute Gasteiger partial charge is 0.337 e. The first-order valence-electron chi connectivity index (χ1n) is 8.14. The Morgan fingerprint density at radius 3 is 2.57 bits per heavy atom. The lowest BCUT2D eigenvalue weighted by Crippen LogP contribution is -2.13. The van der Waals surface area contributed by atoms with Crippen molar-refractivity contribution in [1.82, 2.24) is 4.98 Å². The Balaban J connectivity index is 1.71. The minimum Gasteiger partial charge on any atom is -0.465 e. The molecule has 142 valence electrons. The average molecular weight is 400 g/mol. The highest BCUT2D eigenvalue weighted by atomic mass is 35.5. The zero-order valence-corrected chi connectivity index (χ0v) is 15.5. The number of methoxy groups -OCH3 is 1. The topological polar surface area (TPSA) is 80.3 Å². The molecule has 1 heterocycles. The Morgan fingerprint density at radius 1 is 1.07 bits per heavy atom. The Hall–Kier alpha value is -3.45. The van der Waals surface area contributed by atoms with Crippen LogP contribution in [0.25, 0.3) is 0 Å². The predicted molar refractivity (Wildman–Crippen MR) is 105 cm³/mol. The van der Waals surface area contributed by atoms with Crippen LogP contribution in [0.5, 0.6) is 0 Å². The van der Waals surface area contributed by atoms with Crippen molar-refractivity contribution in [1.29, 1.82) is 0 Å². The Kier molecular flexibility index (Phi) is 5.86. The summed E-state index contributed by atoms with van der Waals surface area (Å²) < 4.78 is 17.9. The second kappa shape index (κ2) is 8.49. The fourth-order valence-electron chi connectivity index (χ4n) is 2.38. The molecule has 2 N–H and O–H groups in total. The summed E-state index contributed by atoms with van der Waals surface area (Å²) >= 11 is 6.15. The lowest BCUT2D eigenvalue weighted by Gasteiger charge is -2.10. The van der Waals surface area contributed by atoms with E-state index in [-0.39, 0.29) is 5.56 Å². The highest BCUT2D eigenvalue weighted by molar-refractivity contribution is 6.33. The van der Waals surface area contributed by atoms with E-state index >= 15 is 0 Å². The highest BCUT2D eigenvalue weighted by Gasteiger charge is 2.10. The van der Waals surface area contributed by atoms with Gasteiger partial charge in [0.2, 0.25) is 0 Å². The zero-order valence-electron chi connectivity index (χ0n) is 14.7. The molecule has 2 aromatic carbocycles. The Morgan fingerprint density at radius 2 is 1.89 bits per heavy atom. The molecule has 0 aliphatic rings. The normalized spacial score (nSPS) is 10.2. The summed E-state index contributed by atoms with van der Waals surface area (Å²) in [5.74, 6) is -1.14. The van der Waals surface area contributed by atoms with Gasteiger partial charge in [0.1, 0.15) is 11.6 Å². The van der Waals surface area contributed by atoms with Gasteiger partial charge >= 0.3 is 5.97 Å². The number of aromatic nitrogens is 1. The van der Waals surface area contributed by atoms with E-state index in [0.29, 0.717) is 27.8 Å². The van der Waals surface area contributed by atoms with Crippen molar-refractivity contribution in [3.8, 4) is 0 Å². The van der Waals surface area contributed by atoms with Gasteiger partial charge < -0.3 is 15.4 Å². The van der Waals surface area contributed by atoms with Crippen molar-refractivity contribution in [2.45, 2.75) is 0 Å². The van der Waals surface area contributed by atoms with Gasteiger partial charge in [0.15, 0.2) is 0 Å². The molecule has 8 heteroatoms. The lowest BCUT2D eigenvalue weighted by atomic mass is 10.2. The number of ether oxygens (including phenoxy) is 1. The van der Waals surface area contributed by atoms with E-state index in [1.807, 2.05) is 0 Å². The largest absolute Gasteiger partial charge is 0.465 e. The van der Waals surface area contributed by atoms with Crippen LogP contribution in [0.3, 0.4) is 0 Å². The van der Waals surface area contributed by atoms with E-state index in [0.717, 1.165) is 6.07 Å². The molecule has 0 aliphatic carbocycles. The lowest BCUT2D eigenvalue weighted by molar-refractivity contribution is 0.0600. The number of carbonyl (C=O) groups excluding carboxylic acids is 2. The maximum Gasteiger partial charge on any atom is 0.337 e. The molecule has 0 fully saturated rings. The van der Waals surface area contributed by atoms with Crippen molar-refractivity contribution >= 4 is 40.7 Å². The standard InChI is InChI=1S/C20H15ClFN3O3/c1-28-20(27)13-5-7-16(21)17(10-13)24-15-6-8-18(23-11-15)25-19(26)12-3-2-4-14(22)9-12/h2-11,24H,1H3,(H,23,25,26). The first-order valence-corrected chi connectivity index (χ1v) is 8.52. The van der Waals surface area contributed by atoms with E-state index in [1.165, 1.54) is 31.5 Å². The molecular weight excluding hydrogens is 385 g/mol. The molecule has 1 amide bonds. The minimum absolute atomic E-state index is 0.190. The van der Waals surface area contributed by atoms with Crippen molar-refractivity contribution in [2.75, 3.05) is 17.7 Å².